The van der Waals surface area contributed by atoms with Gasteiger partial charge in [0.1, 0.15) is 10.6 Å². The third-order valence-corrected chi connectivity index (χ3v) is 5.88. The van der Waals surface area contributed by atoms with Crippen LogP contribution in [0.4, 0.5) is 5.69 Å². The van der Waals surface area contributed by atoms with E-state index in [9.17, 15) is 8.42 Å². The van der Waals surface area contributed by atoms with Crippen molar-refractivity contribution in [2.75, 3.05) is 25.9 Å². The Balaban J connectivity index is 2.27. The van der Waals surface area contributed by atoms with Gasteiger partial charge in [0.25, 0.3) is 0 Å². The molecule has 6 heteroatoms. The average molecular weight is 298 g/mol. The maximum absolute atomic E-state index is 12.6. The topological polar surface area (TPSA) is 72.6 Å². The van der Waals surface area contributed by atoms with Crippen LogP contribution in [0.1, 0.15) is 26.7 Å². The number of anilines is 1. The zero-order valence-electron chi connectivity index (χ0n) is 12.2. The van der Waals surface area contributed by atoms with Crippen molar-refractivity contribution < 1.29 is 13.2 Å². The fourth-order valence-electron chi connectivity index (χ4n) is 2.36. The van der Waals surface area contributed by atoms with Gasteiger partial charge in [0.05, 0.1) is 12.8 Å². The molecule has 0 radical (unpaired) electrons. The van der Waals surface area contributed by atoms with Gasteiger partial charge in [0.2, 0.25) is 10.0 Å². The van der Waals surface area contributed by atoms with Crippen LogP contribution >= 0.6 is 0 Å². The number of hydrogen-bond acceptors (Lipinski definition) is 4. The highest BCUT2D eigenvalue weighted by molar-refractivity contribution is 7.89. The molecule has 1 aliphatic heterocycles. The molecule has 0 aromatic heterocycles. The van der Waals surface area contributed by atoms with Crippen molar-refractivity contribution in [2.24, 2.45) is 5.41 Å². The monoisotopic (exact) mass is 298 g/mol. The molecule has 1 fully saturated rings. The summed E-state index contributed by atoms with van der Waals surface area (Å²) in [6.07, 6.45) is 1.73. The van der Waals surface area contributed by atoms with Gasteiger partial charge in [-0.2, -0.15) is 4.31 Å². The van der Waals surface area contributed by atoms with Gasteiger partial charge in [0, 0.05) is 19.2 Å². The van der Waals surface area contributed by atoms with Gasteiger partial charge in [-0.15, -0.1) is 0 Å². The van der Waals surface area contributed by atoms with E-state index in [0.29, 0.717) is 18.8 Å². The van der Waals surface area contributed by atoms with E-state index in [1.807, 2.05) is 0 Å². The number of rotatable bonds is 3. The third kappa shape index (κ3) is 2.91. The van der Waals surface area contributed by atoms with Crippen molar-refractivity contribution in [1.29, 1.82) is 0 Å². The molecule has 112 valence electrons. The number of nitrogen functional groups attached to an aromatic ring is 1. The highest BCUT2D eigenvalue weighted by atomic mass is 32.2. The molecule has 2 N–H and O–H groups in total. The van der Waals surface area contributed by atoms with E-state index < -0.39 is 10.0 Å². The van der Waals surface area contributed by atoms with Crippen LogP contribution in [-0.2, 0) is 10.0 Å². The number of hydrogen-bond donors (Lipinski definition) is 1. The van der Waals surface area contributed by atoms with Crippen LogP contribution in [0.2, 0.25) is 0 Å². The molecule has 0 amide bonds. The molecular weight excluding hydrogens is 276 g/mol. The predicted octanol–water partition coefficient (Wildman–Crippen LogP) is 2.09. The molecule has 20 heavy (non-hydrogen) atoms. The average Bonchev–Trinajstić information content (AvgIpc) is 2.37. The van der Waals surface area contributed by atoms with Crippen molar-refractivity contribution in [2.45, 2.75) is 31.6 Å². The fraction of sp³-hybridized carbons (Fsp3) is 0.571. The van der Waals surface area contributed by atoms with Gasteiger partial charge in [0.15, 0.2) is 0 Å². The quantitative estimate of drug-likeness (QED) is 0.867. The third-order valence-electron chi connectivity index (χ3n) is 3.91. The van der Waals surface area contributed by atoms with Crippen molar-refractivity contribution in [1.82, 2.24) is 4.31 Å². The molecule has 1 saturated heterocycles. The fourth-order valence-corrected chi connectivity index (χ4v) is 3.90. The molecule has 1 aliphatic rings. The molecule has 0 bridgehead atoms. The second kappa shape index (κ2) is 5.26. The number of sulfonamides is 1. The van der Waals surface area contributed by atoms with Crippen LogP contribution in [0.3, 0.4) is 0 Å². The summed E-state index contributed by atoms with van der Waals surface area (Å²) in [6.45, 7) is 5.42. The Morgan fingerprint density at radius 1 is 1.25 bits per heavy atom. The first-order chi connectivity index (χ1) is 9.26. The molecule has 5 nitrogen and oxygen atoms in total. The summed E-state index contributed by atoms with van der Waals surface area (Å²) in [5.74, 6) is 0.557. The van der Waals surface area contributed by atoms with E-state index in [4.69, 9.17) is 10.5 Å². The van der Waals surface area contributed by atoms with Crippen LogP contribution in [0, 0.1) is 5.41 Å². The number of nitrogens with zero attached hydrogens (tertiary/aromatic N) is 1. The van der Waals surface area contributed by atoms with Crippen LogP contribution in [-0.4, -0.2) is 32.9 Å². The summed E-state index contributed by atoms with van der Waals surface area (Å²) in [5.41, 5.74) is 6.29. The van der Waals surface area contributed by atoms with E-state index in [1.165, 1.54) is 17.5 Å². The maximum atomic E-state index is 12.6. The van der Waals surface area contributed by atoms with Crippen LogP contribution in [0.25, 0.3) is 0 Å². The first kappa shape index (κ1) is 15.1. The molecule has 1 aromatic carbocycles. The van der Waals surface area contributed by atoms with Gasteiger partial charge in [-0.25, -0.2) is 8.42 Å². The lowest BCUT2D eigenvalue weighted by molar-refractivity contribution is 0.196. The van der Waals surface area contributed by atoms with Gasteiger partial charge in [-0.1, -0.05) is 13.8 Å². The maximum Gasteiger partial charge on any atom is 0.245 e. The Morgan fingerprint density at radius 3 is 2.35 bits per heavy atom. The molecule has 1 aromatic rings. The number of piperidine rings is 1. The number of ether oxygens (including phenoxy) is 1. The van der Waals surface area contributed by atoms with Gasteiger partial charge < -0.3 is 10.5 Å². The summed E-state index contributed by atoms with van der Waals surface area (Å²) in [7, 11) is -1.99. The largest absolute Gasteiger partial charge is 0.497 e. The smallest absolute Gasteiger partial charge is 0.245 e. The Bertz CT molecular complexity index is 586. The zero-order chi connectivity index (χ0) is 15.0. The number of nitrogens with two attached hydrogens (primary N) is 1. The standard InChI is InChI=1S/C14H22N2O3S/c1-14(2)6-8-16(9-7-14)20(17,18)13-5-4-11(19-3)10-12(13)15/h4-5,10H,6-9,15H2,1-3H3. The van der Waals surface area contributed by atoms with E-state index in [1.54, 1.807) is 12.1 Å². The second-order valence-corrected chi connectivity index (χ2v) is 7.88. The Labute approximate surface area is 120 Å². The molecule has 0 atom stereocenters. The Hall–Kier alpha value is -1.27. The minimum absolute atomic E-state index is 0.165. The lowest BCUT2D eigenvalue weighted by atomic mass is 9.83. The minimum atomic E-state index is -3.52. The first-order valence-corrected chi connectivity index (χ1v) is 8.14. The van der Waals surface area contributed by atoms with Crippen molar-refractivity contribution in [3.63, 3.8) is 0 Å². The van der Waals surface area contributed by atoms with Crippen molar-refractivity contribution in [3.8, 4) is 5.75 Å². The zero-order valence-corrected chi connectivity index (χ0v) is 13.0. The van der Waals surface area contributed by atoms with E-state index in [0.717, 1.165) is 12.8 Å². The van der Waals surface area contributed by atoms with Crippen molar-refractivity contribution in [3.05, 3.63) is 18.2 Å². The van der Waals surface area contributed by atoms with E-state index in [2.05, 4.69) is 13.8 Å². The highest BCUT2D eigenvalue weighted by Crippen LogP contribution is 2.34. The molecule has 0 saturated carbocycles. The van der Waals surface area contributed by atoms with Crippen molar-refractivity contribution >= 4 is 15.7 Å². The lowest BCUT2D eigenvalue weighted by Crippen LogP contribution is -2.41. The number of methoxy groups -OCH3 is 1. The minimum Gasteiger partial charge on any atom is -0.497 e. The number of benzene rings is 1. The van der Waals surface area contributed by atoms with Crippen LogP contribution in [0.5, 0.6) is 5.75 Å². The van der Waals surface area contributed by atoms with E-state index >= 15 is 0 Å². The molecule has 2 rings (SSSR count). The summed E-state index contributed by atoms with van der Waals surface area (Å²) < 4.78 is 31.8. The molecule has 1 heterocycles. The van der Waals surface area contributed by atoms with Gasteiger partial charge >= 0.3 is 0 Å². The van der Waals surface area contributed by atoms with Crippen LogP contribution in [0.15, 0.2) is 23.1 Å². The summed E-state index contributed by atoms with van der Waals surface area (Å²) >= 11 is 0. The highest BCUT2D eigenvalue weighted by Gasteiger charge is 2.33. The Kier molecular flexibility index (Phi) is 3.97. The first-order valence-electron chi connectivity index (χ1n) is 6.70. The lowest BCUT2D eigenvalue weighted by Gasteiger charge is -2.36. The normalized spacial score (nSPS) is 19.8. The summed E-state index contributed by atoms with van der Waals surface area (Å²) in [4.78, 5) is 0.165. The molecule has 0 unspecified atom stereocenters. The van der Waals surface area contributed by atoms with Gasteiger partial charge in [-0.3, -0.25) is 0 Å². The van der Waals surface area contributed by atoms with E-state index in [-0.39, 0.29) is 16.0 Å². The molecule has 0 spiro atoms. The Morgan fingerprint density at radius 2 is 1.85 bits per heavy atom. The van der Waals surface area contributed by atoms with Crippen LogP contribution < -0.4 is 10.5 Å². The predicted molar refractivity (Wildman–Crippen MR) is 79.2 cm³/mol. The summed E-state index contributed by atoms with van der Waals surface area (Å²) in [6, 6.07) is 4.68. The van der Waals surface area contributed by atoms with Gasteiger partial charge in [-0.05, 0) is 30.4 Å². The second-order valence-electron chi connectivity index (χ2n) is 5.97. The summed E-state index contributed by atoms with van der Waals surface area (Å²) in [5, 5.41) is 0. The molecular formula is C14H22N2O3S. The SMILES string of the molecule is COc1ccc(S(=O)(=O)N2CCC(C)(C)CC2)c(N)c1. The molecule has 0 aliphatic carbocycles.